The summed E-state index contributed by atoms with van der Waals surface area (Å²) in [7, 11) is 1.76. The number of hydrogen-bond donors (Lipinski definition) is 3. The number of pyridine rings is 1. The zero-order valence-electron chi connectivity index (χ0n) is 16.1. The Kier molecular flexibility index (Phi) is 7.20. The van der Waals surface area contributed by atoms with Crippen molar-refractivity contribution in [1.82, 2.24) is 15.2 Å². The second-order valence-electron chi connectivity index (χ2n) is 7.24. The van der Waals surface area contributed by atoms with Gasteiger partial charge < -0.3 is 20.9 Å². The molecule has 2 fully saturated rings. The fourth-order valence-electron chi connectivity index (χ4n) is 3.70. The number of aliphatic hydroxyl groups is 1. The van der Waals surface area contributed by atoms with Gasteiger partial charge in [-0.1, -0.05) is 0 Å². The van der Waals surface area contributed by atoms with Crippen LogP contribution in [0.2, 0.25) is 0 Å². The molecule has 1 aromatic rings. The number of aliphatic hydroxyl groups excluding tert-OH is 1. The molecule has 1 aliphatic carbocycles. The number of amidine groups is 1. The number of nitrogens with two attached hydrogens (primary N) is 1. The second-order valence-corrected chi connectivity index (χ2v) is 7.24. The zero-order chi connectivity index (χ0) is 19.1. The smallest absolute Gasteiger partial charge is 0.131 e. The molecule has 0 bridgehead atoms. The summed E-state index contributed by atoms with van der Waals surface area (Å²) in [6, 6.07) is 4.44. The van der Waals surface area contributed by atoms with E-state index in [-0.39, 0.29) is 6.10 Å². The van der Waals surface area contributed by atoms with Gasteiger partial charge in [-0.15, -0.1) is 0 Å². The van der Waals surface area contributed by atoms with Crippen LogP contribution in [0.1, 0.15) is 36.9 Å². The van der Waals surface area contributed by atoms with E-state index in [0.717, 1.165) is 75.6 Å². The SMILES string of the molecule is CN=C(NC1CCC(O)CC1)C(=CN)c1cc(CN2CCOCC2)ccn1. The lowest BCUT2D eigenvalue weighted by Crippen LogP contribution is -2.39. The lowest BCUT2D eigenvalue weighted by molar-refractivity contribution is 0.0342. The summed E-state index contributed by atoms with van der Waals surface area (Å²) in [5.74, 6) is 0.759. The molecule has 27 heavy (non-hydrogen) atoms. The Balaban J connectivity index is 1.69. The number of morpholine rings is 1. The van der Waals surface area contributed by atoms with Gasteiger partial charge in [-0.3, -0.25) is 14.9 Å². The Labute approximate surface area is 161 Å². The number of hydrogen-bond acceptors (Lipinski definition) is 6. The number of nitrogens with one attached hydrogen (secondary N) is 1. The van der Waals surface area contributed by atoms with E-state index in [2.05, 4.69) is 26.3 Å². The summed E-state index contributed by atoms with van der Waals surface area (Å²) >= 11 is 0. The highest BCUT2D eigenvalue weighted by Gasteiger charge is 2.22. The van der Waals surface area contributed by atoms with Gasteiger partial charge in [0.1, 0.15) is 5.84 Å². The Bertz CT molecular complexity index is 662. The molecule has 1 saturated carbocycles. The van der Waals surface area contributed by atoms with E-state index in [1.165, 1.54) is 5.56 Å². The lowest BCUT2D eigenvalue weighted by Gasteiger charge is -2.28. The van der Waals surface area contributed by atoms with Crippen molar-refractivity contribution >= 4 is 11.4 Å². The molecule has 0 spiro atoms. The summed E-state index contributed by atoms with van der Waals surface area (Å²) < 4.78 is 5.42. The van der Waals surface area contributed by atoms with Gasteiger partial charge in [-0.25, -0.2) is 0 Å². The van der Waals surface area contributed by atoms with Crippen molar-refractivity contribution in [3.63, 3.8) is 0 Å². The minimum atomic E-state index is -0.173. The predicted octanol–water partition coefficient (Wildman–Crippen LogP) is 1.13. The summed E-state index contributed by atoms with van der Waals surface area (Å²) in [6.07, 6.45) is 6.75. The van der Waals surface area contributed by atoms with Crippen LogP contribution >= 0.6 is 0 Å². The van der Waals surface area contributed by atoms with Crippen LogP contribution in [0.3, 0.4) is 0 Å². The van der Waals surface area contributed by atoms with Gasteiger partial charge in [0.2, 0.25) is 0 Å². The maximum atomic E-state index is 9.71. The number of aliphatic imine (C=N–C) groups is 1. The van der Waals surface area contributed by atoms with Crippen molar-refractivity contribution < 1.29 is 9.84 Å². The topological polar surface area (TPSA) is 96.0 Å². The fraction of sp³-hybridized carbons (Fsp3) is 0.600. The molecule has 1 saturated heterocycles. The standard InChI is InChI=1S/C20H31N5O2/c1-22-20(24-16-2-4-17(26)5-3-16)18(13-21)19-12-15(6-7-23-19)14-25-8-10-27-11-9-25/h6-7,12-13,16-17,26H,2-5,8-11,14,21H2,1H3,(H,22,24). The molecular formula is C20H31N5O2. The van der Waals surface area contributed by atoms with Crippen LogP contribution < -0.4 is 11.1 Å². The van der Waals surface area contributed by atoms with Gasteiger partial charge in [0, 0.05) is 45.1 Å². The summed E-state index contributed by atoms with van der Waals surface area (Å²) in [4.78, 5) is 11.3. The first-order valence-electron chi connectivity index (χ1n) is 9.78. The summed E-state index contributed by atoms with van der Waals surface area (Å²) in [5.41, 5.74) is 8.80. The van der Waals surface area contributed by atoms with E-state index >= 15 is 0 Å². The first-order chi connectivity index (χ1) is 13.2. The van der Waals surface area contributed by atoms with Crippen LogP contribution in [0, 0.1) is 0 Å². The van der Waals surface area contributed by atoms with Crippen LogP contribution in [0.5, 0.6) is 0 Å². The van der Waals surface area contributed by atoms with Crippen LogP contribution in [0.4, 0.5) is 0 Å². The molecule has 2 aliphatic rings. The van der Waals surface area contributed by atoms with Crippen LogP contribution in [-0.2, 0) is 11.3 Å². The third-order valence-corrected chi connectivity index (χ3v) is 5.29. The normalized spacial score (nSPS) is 25.4. The number of rotatable bonds is 5. The molecule has 0 aromatic carbocycles. The van der Waals surface area contributed by atoms with E-state index in [1.807, 2.05) is 12.3 Å². The average Bonchev–Trinajstić information content (AvgIpc) is 2.70. The first-order valence-corrected chi connectivity index (χ1v) is 9.78. The quantitative estimate of drug-likeness (QED) is 0.529. The van der Waals surface area contributed by atoms with Gasteiger partial charge in [-0.2, -0.15) is 0 Å². The molecule has 3 rings (SSSR count). The lowest BCUT2D eigenvalue weighted by atomic mass is 9.93. The highest BCUT2D eigenvalue weighted by atomic mass is 16.5. The molecule has 0 radical (unpaired) electrons. The monoisotopic (exact) mass is 373 g/mol. The number of nitrogens with zero attached hydrogens (tertiary/aromatic N) is 3. The molecule has 1 aliphatic heterocycles. The summed E-state index contributed by atoms with van der Waals surface area (Å²) in [5, 5.41) is 13.2. The molecule has 0 unspecified atom stereocenters. The molecule has 0 atom stereocenters. The van der Waals surface area contributed by atoms with Crippen molar-refractivity contribution in [3.05, 3.63) is 35.8 Å². The molecule has 0 amide bonds. The molecule has 4 N–H and O–H groups in total. The molecule has 148 valence electrons. The van der Waals surface area contributed by atoms with Crippen LogP contribution in [0.25, 0.3) is 5.57 Å². The van der Waals surface area contributed by atoms with Gasteiger partial charge in [0.15, 0.2) is 0 Å². The maximum absolute atomic E-state index is 9.71. The van der Waals surface area contributed by atoms with Crippen LogP contribution in [-0.4, -0.2) is 66.3 Å². The predicted molar refractivity (Wildman–Crippen MR) is 107 cm³/mol. The fourth-order valence-corrected chi connectivity index (χ4v) is 3.70. The molecule has 7 nitrogen and oxygen atoms in total. The van der Waals surface area contributed by atoms with Crippen molar-refractivity contribution in [3.8, 4) is 0 Å². The van der Waals surface area contributed by atoms with E-state index in [1.54, 1.807) is 13.2 Å². The van der Waals surface area contributed by atoms with Gasteiger partial charge in [0.25, 0.3) is 0 Å². The number of ether oxygens (including phenoxy) is 1. The third kappa shape index (κ3) is 5.51. The first kappa shape index (κ1) is 19.8. The van der Waals surface area contributed by atoms with Crippen LogP contribution in [0.15, 0.2) is 29.5 Å². The van der Waals surface area contributed by atoms with E-state index in [0.29, 0.717) is 6.04 Å². The largest absolute Gasteiger partial charge is 0.404 e. The molecular weight excluding hydrogens is 342 g/mol. The number of aromatic nitrogens is 1. The van der Waals surface area contributed by atoms with Crippen molar-refractivity contribution in [2.24, 2.45) is 10.7 Å². The van der Waals surface area contributed by atoms with E-state index < -0.39 is 0 Å². The minimum Gasteiger partial charge on any atom is -0.404 e. The maximum Gasteiger partial charge on any atom is 0.131 e. The Morgan fingerprint density at radius 3 is 2.78 bits per heavy atom. The van der Waals surface area contributed by atoms with E-state index in [9.17, 15) is 5.11 Å². The highest BCUT2D eigenvalue weighted by molar-refractivity contribution is 6.22. The van der Waals surface area contributed by atoms with Crippen molar-refractivity contribution in [2.75, 3.05) is 33.4 Å². The molecule has 7 heteroatoms. The van der Waals surface area contributed by atoms with E-state index in [4.69, 9.17) is 10.5 Å². The minimum absolute atomic E-state index is 0.173. The third-order valence-electron chi connectivity index (χ3n) is 5.29. The molecule has 1 aromatic heterocycles. The zero-order valence-corrected chi connectivity index (χ0v) is 16.1. The van der Waals surface area contributed by atoms with Crippen molar-refractivity contribution in [2.45, 2.75) is 44.4 Å². The Morgan fingerprint density at radius 1 is 1.37 bits per heavy atom. The average molecular weight is 374 g/mol. The van der Waals surface area contributed by atoms with Gasteiger partial charge in [0.05, 0.1) is 30.6 Å². The Morgan fingerprint density at radius 2 is 2.11 bits per heavy atom. The highest BCUT2D eigenvalue weighted by Crippen LogP contribution is 2.21. The van der Waals surface area contributed by atoms with Gasteiger partial charge >= 0.3 is 0 Å². The summed E-state index contributed by atoms with van der Waals surface area (Å²) in [6.45, 7) is 4.36. The second kappa shape index (κ2) is 9.82. The Hall–Kier alpha value is -1.96. The van der Waals surface area contributed by atoms with Gasteiger partial charge in [-0.05, 0) is 43.4 Å². The molecule has 2 heterocycles. The van der Waals surface area contributed by atoms with Crippen molar-refractivity contribution in [1.29, 1.82) is 0 Å².